The molecule has 0 aliphatic carbocycles. The number of methoxy groups -OCH3 is 1. The van der Waals surface area contributed by atoms with Crippen LogP contribution in [0.1, 0.15) is 18.9 Å². The molecule has 0 aliphatic heterocycles. The van der Waals surface area contributed by atoms with Crippen LogP contribution in [0.4, 0.5) is 8.78 Å². The second-order valence-corrected chi connectivity index (χ2v) is 5.46. The van der Waals surface area contributed by atoms with Crippen LogP contribution in [-0.2, 0) is 16.0 Å². The van der Waals surface area contributed by atoms with E-state index in [0.29, 0.717) is 6.61 Å². The molecule has 0 radical (unpaired) electrons. The van der Waals surface area contributed by atoms with Crippen molar-refractivity contribution in [2.45, 2.75) is 25.8 Å². The molecule has 0 aromatic heterocycles. The van der Waals surface area contributed by atoms with Gasteiger partial charge >= 0.3 is 0 Å². The molecule has 0 heterocycles. The van der Waals surface area contributed by atoms with E-state index in [2.05, 4.69) is 5.32 Å². The van der Waals surface area contributed by atoms with E-state index < -0.39 is 11.6 Å². The average Bonchev–Trinajstić information content (AvgIpc) is 2.43. The minimum atomic E-state index is -0.585. The van der Waals surface area contributed by atoms with E-state index in [-0.39, 0.29) is 30.5 Å². The lowest BCUT2D eigenvalue weighted by Gasteiger charge is -2.19. The van der Waals surface area contributed by atoms with Crippen molar-refractivity contribution >= 4 is 5.91 Å². The Morgan fingerprint density at radius 2 is 2.00 bits per heavy atom. The number of hydrogen-bond acceptors (Lipinski definition) is 3. The van der Waals surface area contributed by atoms with Crippen molar-refractivity contribution in [3.05, 3.63) is 35.4 Å². The van der Waals surface area contributed by atoms with E-state index in [1.807, 2.05) is 11.9 Å². The molecular formula is C16H24F2N2O2. The molecule has 22 heavy (non-hydrogen) atoms. The summed E-state index contributed by atoms with van der Waals surface area (Å²) in [6.07, 6.45) is 0.966. The number of rotatable bonds is 9. The summed E-state index contributed by atoms with van der Waals surface area (Å²) in [6, 6.07) is 3.42. The molecule has 0 fully saturated rings. The van der Waals surface area contributed by atoms with E-state index >= 15 is 0 Å². The van der Waals surface area contributed by atoms with Crippen molar-refractivity contribution in [1.29, 1.82) is 0 Å². The lowest BCUT2D eigenvalue weighted by atomic mass is 10.1. The highest BCUT2D eigenvalue weighted by atomic mass is 19.1. The highest BCUT2D eigenvalue weighted by Crippen LogP contribution is 2.14. The second-order valence-electron chi connectivity index (χ2n) is 5.46. The maximum atomic E-state index is 13.6. The fraction of sp³-hybridized carbons (Fsp3) is 0.562. The molecule has 124 valence electrons. The summed E-state index contributed by atoms with van der Waals surface area (Å²) < 4.78 is 32.1. The molecule has 0 spiro atoms. The predicted octanol–water partition coefficient (Wildman–Crippen LogP) is 1.98. The van der Waals surface area contributed by atoms with Gasteiger partial charge in [-0.05, 0) is 38.9 Å². The molecule has 1 unspecified atom stereocenters. The van der Waals surface area contributed by atoms with Gasteiger partial charge in [0.05, 0.1) is 6.54 Å². The fourth-order valence-electron chi connectivity index (χ4n) is 2.21. The number of halogens is 2. The van der Waals surface area contributed by atoms with Crippen molar-refractivity contribution in [1.82, 2.24) is 10.2 Å². The van der Waals surface area contributed by atoms with Gasteiger partial charge in [-0.15, -0.1) is 0 Å². The first-order valence-electron chi connectivity index (χ1n) is 7.33. The molecule has 1 aromatic carbocycles. The first-order valence-corrected chi connectivity index (χ1v) is 7.33. The fourth-order valence-corrected chi connectivity index (χ4v) is 2.21. The zero-order valence-electron chi connectivity index (χ0n) is 13.4. The van der Waals surface area contributed by atoms with Crippen LogP contribution in [0.15, 0.2) is 18.2 Å². The van der Waals surface area contributed by atoms with Crippen LogP contribution in [0.2, 0.25) is 0 Å². The van der Waals surface area contributed by atoms with Crippen molar-refractivity contribution in [3.8, 4) is 0 Å². The van der Waals surface area contributed by atoms with Crippen LogP contribution in [0.25, 0.3) is 0 Å². The van der Waals surface area contributed by atoms with Crippen LogP contribution in [-0.4, -0.2) is 50.7 Å². The zero-order valence-corrected chi connectivity index (χ0v) is 13.4. The van der Waals surface area contributed by atoms with Crippen molar-refractivity contribution in [2.75, 3.05) is 33.9 Å². The molecule has 1 N–H and O–H groups in total. The molecule has 0 aliphatic rings. The minimum absolute atomic E-state index is 0.00347. The molecule has 4 nitrogen and oxygen atoms in total. The Morgan fingerprint density at radius 1 is 1.36 bits per heavy atom. The van der Waals surface area contributed by atoms with Crippen molar-refractivity contribution < 1.29 is 18.3 Å². The number of hydrogen-bond donors (Lipinski definition) is 1. The molecule has 1 rings (SSSR count). The zero-order chi connectivity index (χ0) is 16.5. The van der Waals surface area contributed by atoms with Crippen molar-refractivity contribution in [3.63, 3.8) is 0 Å². The molecule has 1 atom stereocenters. The molecule has 1 aromatic rings. The highest BCUT2D eigenvalue weighted by molar-refractivity contribution is 5.78. The Balaban J connectivity index is 2.41. The van der Waals surface area contributed by atoms with E-state index in [0.717, 1.165) is 13.0 Å². The SMILES string of the molecule is COCCCN(C)CC(=O)NC(C)Cc1c(F)cccc1F. The van der Waals surface area contributed by atoms with Gasteiger partial charge in [0.2, 0.25) is 5.91 Å². The maximum Gasteiger partial charge on any atom is 0.234 e. The predicted molar refractivity (Wildman–Crippen MR) is 81.7 cm³/mol. The number of likely N-dealkylation sites (N-methyl/N-ethyl adjacent to an activating group) is 1. The van der Waals surface area contributed by atoms with E-state index in [4.69, 9.17) is 4.74 Å². The number of carbonyl (C=O) groups excluding carboxylic acids is 1. The second kappa shape index (κ2) is 9.48. The van der Waals surface area contributed by atoms with Gasteiger partial charge < -0.3 is 10.1 Å². The lowest BCUT2D eigenvalue weighted by molar-refractivity contribution is -0.122. The number of nitrogens with one attached hydrogen (secondary N) is 1. The quantitative estimate of drug-likeness (QED) is 0.709. The van der Waals surface area contributed by atoms with Gasteiger partial charge in [0.15, 0.2) is 0 Å². The Bertz CT molecular complexity index is 463. The number of carbonyl (C=O) groups is 1. The third-order valence-electron chi connectivity index (χ3n) is 3.28. The molecular weight excluding hydrogens is 290 g/mol. The topological polar surface area (TPSA) is 41.6 Å². The van der Waals surface area contributed by atoms with Gasteiger partial charge in [0, 0.05) is 31.9 Å². The van der Waals surface area contributed by atoms with Crippen LogP contribution in [0.5, 0.6) is 0 Å². The van der Waals surface area contributed by atoms with Gasteiger partial charge in [0.25, 0.3) is 0 Å². The number of amides is 1. The number of benzene rings is 1. The van der Waals surface area contributed by atoms with E-state index in [1.165, 1.54) is 18.2 Å². The van der Waals surface area contributed by atoms with Gasteiger partial charge in [-0.2, -0.15) is 0 Å². The Hall–Kier alpha value is -1.53. The van der Waals surface area contributed by atoms with Gasteiger partial charge in [0.1, 0.15) is 11.6 Å². The summed E-state index contributed by atoms with van der Waals surface area (Å²) in [7, 11) is 3.48. The summed E-state index contributed by atoms with van der Waals surface area (Å²) in [6.45, 7) is 3.37. The standard InChI is InChI=1S/C16H24F2N2O2/c1-12(10-13-14(17)6-4-7-15(13)18)19-16(21)11-20(2)8-5-9-22-3/h4,6-7,12H,5,8-11H2,1-3H3,(H,19,21). The van der Waals surface area contributed by atoms with Crippen LogP contribution in [0.3, 0.4) is 0 Å². The summed E-state index contributed by atoms with van der Waals surface area (Å²) in [5, 5.41) is 2.76. The Labute approximate surface area is 130 Å². The van der Waals surface area contributed by atoms with Gasteiger partial charge in [-0.1, -0.05) is 6.07 Å². The third-order valence-corrected chi connectivity index (χ3v) is 3.28. The Morgan fingerprint density at radius 3 is 2.59 bits per heavy atom. The molecule has 1 amide bonds. The van der Waals surface area contributed by atoms with Crippen molar-refractivity contribution in [2.24, 2.45) is 0 Å². The summed E-state index contributed by atoms with van der Waals surface area (Å²) in [5.74, 6) is -1.33. The summed E-state index contributed by atoms with van der Waals surface area (Å²) in [5.41, 5.74) is 0.00347. The monoisotopic (exact) mass is 314 g/mol. The smallest absolute Gasteiger partial charge is 0.234 e. The highest BCUT2D eigenvalue weighted by Gasteiger charge is 2.15. The molecule has 6 heteroatoms. The average molecular weight is 314 g/mol. The van der Waals surface area contributed by atoms with Crippen LogP contribution < -0.4 is 5.32 Å². The lowest BCUT2D eigenvalue weighted by Crippen LogP contribution is -2.41. The molecule has 0 bridgehead atoms. The number of nitrogens with zero attached hydrogens (tertiary/aromatic N) is 1. The van der Waals surface area contributed by atoms with Crippen LogP contribution in [0, 0.1) is 11.6 Å². The molecule has 0 saturated heterocycles. The number of ether oxygens (including phenoxy) is 1. The maximum absolute atomic E-state index is 13.6. The van der Waals surface area contributed by atoms with Gasteiger partial charge in [-0.3, -0.25) is 9.69 Å². The normalized spacial score (nSPS) is 12.5. The largest absolute Gasteiger partial charge is 0.385 e. The summed E-state index contributed by atoms with van der Waals surface area (Å²) in [4.78, 5) is 13.8. The molecule has 0 saturated carbocycles. The summed E-state index contributed by atoms with van der Waals surface area (Å²) >= 11 is 0. The third kappa shape index (κ3) is 6.49. The first-order chi connectivity index (χ1) is 10.4. The first kappa shape index (κ1) is 18.5. The van der Waals surface area contributed by atoms with E-state index in [9.17, 15) is 13.6 Å². The van der Waals surface area contributed by atoms with E-state index in [1.54, 1.807) is 14.0 Å². The Kier molecular flexibility index (Phi) is 7.98. The van der Waals surface area contributed by atoms with Gasteiger partial charge in [-0.25, -0.2) is 8.78 Å². The van der Waals surface area contributed by atoms with Crippen LogP contribution >= 0.6 is 0 Å². The minimum Gasteiger partial charge on any atom is -0.385 e.